The lowest BCUT2D eigenvalue weighted by Crippen LogP contribution is -2.46. The number of hydrogen-bond acceptors (Lipinski definition) is 5. The maximum atomic E-state index is 13.3. The number of amides is 2. The molecule has 9 heteroatoms. The molecule has 0 saturated carbocycles. The average Bonchev–Trinajstić information content (AvgIpc) is 3.07. The fourth-order valence-corrected chi connectivity index (χ4v) is 4.85. The van der Waals surface area contributed by atoms with E-state index >= 15 is 0 Å². The van der Waals surface area contributed by atoms with Gasteiger partial charge in [0.2, 0.25) is 15.0 Å². The summed E-state index contributed by atoms with van der Waals surface area (Å²) in [5.74, 6) is 0.624. The highest BCUT2D eigenvalue weighted by Crippen LogP contribution is 2.22. The van der Waals surface area contributed by atoms with Crippen LogP contribution in [0.3, 0.4) is 0 Å². The summed E-state index contributed by atoms with van der Waals surface area (Å²) in [5, 5.41) is 2.94. The number of methoxy groups -OCH3 is 1. The van der Waals surface area contributed by atoms with Crippen LogP contribution >= 0.6 is 0 Å². The summed E-state index contributed by atoms with van der Waals surface area (Å²) in [4.78, 5) is 18.7. The molecule has 178 valence electrons. The number of sulfone groups is 1. The van der Waals surface area contributed by atoms with Gasteiger partial charge in [-0.1, -0.05) is 26.0 Å². The van der Waals surface area contributed by atoms with E-state index in [1.807, 2.05) is 41.5 Å². The van der Waals surface area contributed by atoms with Gasteiger partial charge in [0, 0.05) is 18.6 Å². The first-order valence-corrected chi connectivity index (χ1v) is 12.6. The van der Waals surface area contributed by atoms with Gasteiger partial charge in [-0.25, -0.2) is 18.2 Å². The number of aromatic nitrogens is 2. The zero-order valence-electron chi connectivity index (χ0n) is 20.1. The molecule has 1 N–H and O–H groups in total. The van der Waals surface area contributed by atoms with Crippen LogP contribution in [0.4, 0.5) is 4.79 Å². The molecule has 0 spiro atoms. The number of benzene rings is 1. The van der Waals surface area contributed by atoms with E-state index in [2.05, 4.69) is 10.3 Å². The molecule has 2 amide bonds. The van der Waals surface area contributed by atoms with E-state index in [0.29, 0.717) is 23.6 Å². The fourth-order valence-electron chi connectivity index (χ4n) is 3.37. The van der Waals surface area contributed by atoms with Crippen molar-refractivity contribution >= 4 is 15.9 Å². The maximum absolute atomic E-state index is 13.3. The number of carbonyl (C=O) groups excluding carboxylic acids is 1. The molecule has 0 bridgehead atoms. The quantitative estimate of drug-likeness (QED) is 0.576. The number of hydrogen-bond donors (Lipinski definition) is 1. The van der Waals surface area contributed by atoms with Gasteiger partial charge in [0.05, 0.1) is 31.3 Å². The molecule has 32 heavy (non-hydrogen) atoms. The van der Waals surface area contributed by atoms with Crippen molar-refractivity contribution in [2.24, 2.45) is 5.92 Å². The van der Waals surface area contributed by atoms with Crippen molar-refractivity contribution in [1.29, 1.82) is 0 Å². The van der Waals surface area contributed by atoms with E-state index < -0.39 is 9.84 Å². The third kappa shape index (κ3) is 6.72. The molecule has 0 aliphatic rings. The number of nitrogens with one attached hydrogen (secondary N) is 1. The van der Waals surface area contributed by atoms with Crippen LogP contribution < -0.4 is 10.1 Å². The number of imidazole rings is 1. The van der Waals surface area contributed by atoms with Gasteiger partial charge in [-0.2, -0.15) is 0 Å². The molecular weight excluding hydrogens is 428 g/mol. The Hall–Kier alpha value is -2.55. The summed E-state index contributed by atoms with van der Waals surface area (Å²) in [7, 11) is -2.17. The molecule has 0 unspecified atom stereocenters. The van der Waals surface area contributed by atoms with Crippen molar-refractivity contribution in [3.05, 3.63) is 41.7 Å². The lowest BCUT2D eigenvalue weighted by Gasteiger charge is -2.28. The van der Waals surface area contributed by atoms with Crippen LogP contribution in [0, 0.1) is 5.92 Å². The zero-order chi connectivity index (χ0) is 24.1. The second-order valence-corrected chi connectivity index (χ2v) is 10.9. The van der Waals surface area contributed by atoms with Gasteiger partial charge in [0.25, 0.3) is 0 Å². The monoisotopic (exact) mass is 464 g/mol. The Morgan fingerprint density at radius 1 is 1.19 bits per heavy atom. The lowest BCUT2D eigenvalue weighted by atomic mass is 10.2. The maximum Gasteiger partial charge on any atom is 0.318 e. The molecule has 0 fully saturated rings. The molecule has 1 heterocycles. The van der Waals surface area contributed by atoms with Crippen LogP contribution in [0.25, 0.3) is 0 Å². The number of ether oxygens (including phenoxy) is 1. The molecule has 2 rings (SSSR count). The van der Waals surface area contributed by atoms with Gasteiger partial charge < -0.3 is 19.5 Å². The molecule has 1 aromatic heterocycles. The van der Waals surface area contributed by atoms with Crippen molar-refractivity contribution in [1.82, 2.24) is 19.8 Å². The van der Waals surface area contributed by atoms with E-state index in [0.717, 1.165) is 0 Å². The molecule has 2 aromatic rings. The van der Waals surface area contributed by atoms with Crippen LogP contribution in [0.2, 0.25) is 0 Å². The van der Waals surface area contributed by atoms with E-state index in [9.17, 15) is 13.2 Å². The first kappa shape index (κ1) is 25.7. The molecule has 0 atom stereocenters. The van der Waals surface area contributed by atoms with Crippen molar-refractivity contribution < 1.29 is 17.9 Å². The highest BCUT2D eigenvalue weighted by Gasteiger charge is 2.27. The predicted octanol–water partition coefficient (Wildman–Crippen LogP) is 3.85. The van der Waals surface area contributed by atoms with E-state index in [4.69, 9.17) is 4.74 Å². The Kier molecular flexibility index (Phi) is 8.72. The molecule has 0 saturated heterocycles. The van der Waals surface area contributed by atoms with Gasteiger partial charge in [-0.05, 0) is 51.3 Å². The first-order valence-electron chi connectivity index (χ1n) is 10.9. The summed E-state index contributed by atoms with van der Waals surface area (Å²) in [6.07, 6.45) is 1.57. The molecule has 1 aromatic carbocycles. The van der Waals surface area contributed by atoms with Gasteiger partial charge in [-0.3, -0.25) is 0 Å². The predicted molar refractivity (Wildman–Crippen MR) is 125 cm³/mol. The zero-order valence-corrected chi connectivity index (χ0v) is 20.9. The second kappa shape index (κ2) is 10.8. The number of rotatable bonds is 10. The Labute approximate surface area is 191 Å². The average molecular weight is 465 g/mol. The number of carbonyl (C=O) groups is 1. The normalized spacial score (nSPS) is 11.9. The van der Waals surface area contributed by atoms with Gasteiger partial charge >= 0.3 is 6.03 Å². The second-order valence-electron chi connectivity index (χ2n) is 8.97. The van der Waals surface area contributed by atoms with Gasteiger partial charge in [-0.15, -0.1) is 0 Å². The minimum absolute atomic E-state index is 0.00290. The Morgan fingerprint density at radius 2 is 1.88 bits per heavy atom. The largest absolute Gasteiger partial charge is 0.497 e. The Balaban J connectivity index is 2.41. The lowest BCUT2D eigenvalue weighted by molar-refractivity contribution is 0.175. The smallest absolute Gasteiger partial charge is 0.318 e. The van der Waals surface area contributed by atoms with E-state index in [1.54, 1.807) is 47.0 Å². The SMILES string of the molecule is COc1cccc(CS(=O)(=O)c2ncc(CN(C(=O)NC(C)C)C(C)C)n2CC(C)C)c1. The van der Waals surface area contributed by atoms with Crippen molar-refractivity contribution in [2.45, 2.75) is 77.6 Å². The summed E-state index contributed by atoms with van der Waals surface area (Å²) < 4.78 is 33.5. The molecule has 0 radical (unpaired) electrons. The van der Waals surface area contributed by atoms with Crippen LogP contribution in [0.5, 0.6) is 5.75 Å². The van der Waals surface area contributed by atoms with Crippen molar-refractivity contribution in [2.75, 3.05) is 7.11 Å². The van der Waals surface area contributed by atoms with Crippen molar-refractivity contribution in [3.8, 4) is 5.75 Å². The molecule has 0 aliphatic heterocycles. The van der Waals surface area contributed by atoms with E-state index in [1.165, 1.54) is 0 Å². The first-order chi connectivity index (χ1) is 14.9. The summed E-state index contributed by atoms with van der Waals surface area (Å²) in [6.45, 7) is 12.5. The van der Waals surface area contributed by atoms with Gasteiger partial charge in [0.1, 0.15) is 5.75 Å². The third-order valence-corrected chi connectivity index (χ3v) is 6.44. The van der Waals surface area contributed by atoms with E-state index in [-0.39, 0.29) is 41.5 Å². The minimum Gasteiger partial charge on any atom is -0.497 e. The summed E-state index contributed by atoms with van der Waals surface area (Å²) >= 11 is 0. The Bertz CT molecular complexity index is 1010. The van der Waals surface area contributed by atoms with Crippen LogP contribution in [0.1, 0.15) is 52.8 Å². The van der Waals surface area contributed by atoms with Crippen LogP contribution in [-0.2, 0) is 28.7 Å². The number of urea groups is 1. The topological polar surface area (TPSA) is 93.5 Å². The number of nitrogens with zero attached hydrogens (tertiary/aromatic N) is 3. The third-order valence-electron chi connectivity index (χ3n) is 4.85. The molecule has 8 nitrogen and oxygen atoms in total. The Morgan fingerprint density at radius 3 is 2.44 bits per heavy atom. The highest BCUT2D eigenvalue weighted by atomic mass is 32.2. The summed E-state index contributed by atoms with van der Waals surface area (Å²) in [6, 6.07) is 6.77. The molecular formula is C23H36N4O4S. The van der Waals surface area contributed by atoms with Crippen LogP contribution in [-0.4, -0.2) is 48.1 Å². The minimum atomic E-state index is -3.71. The van der Waals surface area contributed by atoms with Crippen LogP contribution in [0.15, 0.2) is 35.6 Å². The molecule has 0 aliphatic carbocycles. The van der Waals surface area contributed by atoms with Crippen molar-refractivity contribution in [3.63, 3.8) is 0 Å². The van der Waals surface area contributed by atoms with Gasteiger partial charge in [0.15, 0.2) is 0 Å². The summed E-state index contributed by atoms with van der Waals surface area (Å²) in [5.41, 5.74) is 1.32. The fraction of sp³-hybridized carbons (Fsp3) is 0.565. The standard InChI is InChI=1S/C23H36N4O4S/c1-16(2)13-27-20(14-26(18(5)6)22(28)25-17(3)4)12-24-23(27)32(29,30)15-19-9-8-10-21(11-19)31-7/h8-12,16-18H,13-15H2,1-7H3,(H,25,28). The highest BCUT2D eigenvalue weighted by molar-refractivity contribution is 7.90.